The Morgan fingerprint density at radius 1 is 1.25 bits per heavy atom. The maximum Gasteiger partial charge on any atom is 0.329 e. The van der Waals surface area contributed by atoms with Crippen molar-refractivity contribution in [3.8, 4) is 5.75 Å². The van der Waals surface area contributed by atoms with Crippen molar-refractivity contribution < 1.29 is 18.3 Å². The van der Waals surface area contributed by atoms with Gasteiger partial charge in [-0.05, 0) is 18.1 Å². The molecule has 0 saturated heterocycles. The number of aromatic amines is 1. The molecule has 7 nitrogen and oxygen atoms in total. The number of carbonyl (C=O) groups is 1. The molecular weight excluding hydrogens is 368 g/mol. The number of aryl methyl sites for hydroxylation is 1. The van der Waals surface area contributed by atoms with Crippen LogP contribution in [0.2, 0.25) is 0 Å². The van der Waals surface area contributed by atoms with Crippen LogP contribution in [0.3, 0.4) is 0 Å². The summed E-state index contributed by atoms with van der Waals surface area (Å²) in [7, 11) is 2.87. The number of fused-ring (bicyclic) bond motifs is 3. The van der Waals surface area contributed by atoms with E-state index in [1.54, 1.807) is 19.4 Å². The lowest BCUT2D eigenvalue weighted by molar-refractivity contribution is 0.250. The second-order valence-corrected chi connectivity index (χ2v) is 6.66. The summed E-state index contributed by atoms with van der Waals surface area (Å²) in [5, 5.41) is 7.38. The molecule has 0 atom stereocenters. The second-order valence-electron chi connectivity index (χ2n) is 6.66. The van der Waals surface area contributed by atoms with E-state index in [4.69, 9.17) is 4.74 Å². The minimum atomic E-state index is -0.901. The maximum atomic E-state index is 15.2. The number of ether oxygens (including phenoxy) is 1. The number of methoxy groups -OCH3 is 1. The lowest BCUT2D eigenvalue weighted by Gasteiger charge is -2.35. The van der Waals surface area contributed by atoms with Crippen LogP contribution in [-0.4, -0.2) is 35.4 Å². The molecule has 1 N–H and O–H groups in total. The topological polar surface area (TPSA) is 74.3 Å². The zero-order valence-electron chi connectivity index (χ0n) is 15.7. The second kappa shape index (κ2) is 6.74. The standard InChI is InChI=1S/C19H19F2N5O2/c1-4-5-10-6-13(28-3)15(21)17(14(10)20)26-9-11-7-22-18-12(8-23-24-18)16(11)25(2)19(26)27/h6-8H,4-5,9H2,1-3H3,(H,22,23,24). The molecule has 0 bridgehead atoms. The van der Waals surface area contributed by atoms with Gasteiger partial charge in [0.25, 0.3) is 0 Å². The number of pyridine rings is 1. The highest BCUT2D eigenvalue weighted by Crippen LogP contribution is 2.40. The fourth-order valence-electron chi connectivity index (χ4n) is 3.62. The smallest absolute Gasteiger partial charge is 0.329 e. The number of aromatic nitrogens is 3. The van der Waals surface area contributed by atoms with Crippen molar-refractivity contribution in [2.75, 3.05) is 24.0 Å². The van der Waals surface area contributed by atoms with Crippen LogP contribution in [0.4, 0.5) is 25.0 Å². The first-order valence-electron chi connectivity index (χ1n) is 8.88. The fraction of sp³-hybridized carbons (Fsp3) is 0.316. The number of carbonyl (C=O) groups excluding carboxylic acids is 1. The van der Waals surface area contributed by atoms with E-state index in [0.717, 1.165) is 4.90 Å². The molecule has 3 aromatic rings. The zero-order valence-corrected chi connectivity index (χ0v) is 15.7. The Labute approximate surface area is 159 Å². The number of amides is 2. The van der Waals surface area contributed by atoms with Gasteiger partial charge in [0.05, 0.1) is 30.9 Å². The highest BCUT2D eigenvalue weighted by molar-refractivity contribution is 6.10. The largest absolute Gasteiger partial charge is 0.494 e. The van der Waals surface area contributed by atoms with Gasteiger partial charge >= 0.3 is 6.03 Å². The lowest BCUT2D eigenvalue weighted by atomic mass is 10.0. The van der Waals surface area contributed by atoms with Gasteiger partial charge in [-0.25, -0.2) is 18.6 Å². The molecule has 0 unspecified atom stereocenters. The molecule has 3 heterocycles. The van der Waals surface area contributed by atoms with Gasteiger partial charge in [-0.15, -0.1) is 0 Å². The number of nitrogens with zero attached hydrogens (tertiary/aromatic N) is 4. The molecule has 2 amide bonds. The number of nitrogens with one attached hydrogen (secondary N) is 1. The van der Waals surface area contributed by atoms with Crippen LogP contribution in [-0.2, 0) is 13.0 Å². The molecule has 1 aromatic carbocycles. The summed E-state index contributed by atoms with van der Waals surface area (Å²) in [5.74, 6) is -1.74. The van der Waals surface area contributed by atoms with Gasteiger partial charge in [0.15, 0.2) is 23.0 Å². The minimum absolute atomic E-state index is 0.0147. The quantitative estimate of drug-likeness (QED) is 0.740. The van der Waals surface area contributed by atoms with Gasteiger partial charge in [-0.1, -0.05) is 13.3 Å². The third-order valence-corrected chi connectivity index (χ3v) is 4.94. The van der Waals surface area contributed by atoms with E-state index in [1.165, 1.54) is 18.1 Å². The molecule has 146 valence electrons. The van der Waals surface area contributed by atoms with E-state index in [-0.39, 0.29) is 12.3 Å². The predicted octanol–water partition coefficient (Wildman–Crippen LogP) is 3.77. The van der Waals surface area contributed by atoms with Crippen molar-refractivity contribution in [2.45, 2.75) is 26.3 Å². The van der Waals surface area contributed by atoms with Gasteiger partial charge in [0.2, 0.25) is 0 Å². The van der Waals surface area contributed by atoms with Crippen LogP contribution in [0.5, 0.6) is 5.75 Å². The first-order chi connectivity index (χ1) is 13.5. The summed E-state index contributed by atoms with van der Waals surface area (Å²) >= 11 is 0. The van der Waals surface area contributed by atoms with Gasteiger partial charge < -0.3 is 4.74 Å². The van der Waals surface area contributed by atoms with Gasteiger partial charge in [-0.3, -0.25) is 14.9 Å². The first-order valence-corrected chi connectivity index (χ1v) is 8.88. The van der Waals surface area contributed by atoms with E-state index in [1.807, 2.05) is 6.92 Å². The number of benzene rings is 1. The summed E-state index contributed by atoms with van der Waals surface area (Å²) in [5.41, 5.74) is 1.72. The van der Waals surface area contributed by atoms with Crippen molar-refractivity contribution in [1.29, 1.82) is 0 Å². The number of H-pyrrole nitrogens is 1. The summed E-state index contributed by atoms with van der Waals surface area (Å²) in [4.78, 5) is 19.8. The number of hydrogen-bond acceptors (Lipinski definition) is 4. The van der Waals surface area contributed by atoms with Crippen LogP contribution in [0.1, 0.15) is 24.5 Å². The Hall–Kier alpha value is -3.23. The van der Waals surface area contributed by atoms with Crippen molar-refractivity contribution in [2.24, 2.45) is 0 Å². The Morgan fingerprint density at radius 2 is 2.04 bits per heavy atom. The average molecular weight is 387 g/mol. The van der Waals surface area contributed by atoms with Gasteiger partial charge in [-0.2, -0.15) is 5.10 Å². The van der Waals surface area contributed by atoms with Gasteiger partial charge in [0.1, 0.15) is 5.69 Å². The molecule has 9 heteroatoms. The molecule has 1 aliphatic rings. The van der Waals surface area contributed by atoms with Crippen LogP contribution in [0.15, 0.2) is 18.5 Å². The highest BCUT2D eigenvalue weighted by atomic mass is 19.1. The van der Waals surface area contributed by atoms with E-state index in [0.29, 0.717) is 40.7 Å². The van der Waals surface area contributed by atoms with Crippen LogP contribution >= 0.6 is 0 Å². The Morgan fingerprint density at radius 3 is 2.75 bits per heavy atom. The van der Waals surface area contributed by atoms with E-state index < -0.39 is 23.4 Å². The molecule has 0 saturated carbocycles. The summed E-state index contributed by atoms with van der Waals surface area (Å²) in [6.07, 6.45) is 4.23. The predicted molar refractivity (Wildman–Crippen MR) is 101 cm³/mol. The molecule has 4 rings (SSSR count). The SMILES string of the molecule is CCCc1cc(OC)c(F)c(N2Cc3cnc4[nH]ncc4c3N(C)C2=O)c1F. The number of urea groups is 1. The maximum absolute atomic E-state index is 15.2. The van der Waals surface area contributed by atoms with Crippen molar-refractivity contribution in [3.05, 3.63) is 41.2 Å². The van der Waals surface area contributed by atoms with Crippen molar-refractivity contribution >= 4 is 28.4 Å². The molecule has 28 heavy (non-hydrogen) atoms. The molecule has 0 fully saturated rings. The minimum Gasteiger partial charge on any atom is -0.494 e. The molecular formula is C19H19F2N5O2. The van der Waals surface area contributed by atoms with Crippen LogP contribution < -0.4 is 14.5 Å². The van der Waals surface area contributed by atoms with E-state index >= 15 is 8.78 Å². The molecule has 0 radical (unpaired) electrons. The number of rotatable bonds is 4. The summed E-state index contributed by atoms with van der Waals surface area (Å²) < 4.78 is 35.3. The highest BCUT2D eigenvalue weighted by Gasteiger charge is 2.35. The molecule has 2 aromatic heterocycles. The normalized spacial score (nSPS) is 14.0. The Bertz CT molecular complexity index is 1080. The van der Waals surface area contributed by atoms with Crippen LogP contribution in [0, 0.1) is 11.6 Å². The molecule has 1 aliphatic heterocycles. The average Bonchev–Trinajstić information content (AvgIpc) is 3.16. The number of anilines is 2. The molecule has 0 spiro atoms. The van der Waals surface area contributed by atoms with E-state index in [9.17, 15) is 4.79 Å². The zero-order chi connectivity index (χ0) is 20.0. The van der Waals surface area contributed by atoms with Crippen LogP contribution in [0.25, 0.3) is 11.0 Å². The molecule has 0 aliphatic carbocycles. The third-order valence-electron chi connectivity index (χ3n) is 4.94. The Kier molecular flexibility index (Phi) is 4.37. The van der Waals surface area contributed by atoms with E-state index in [2.05, 4.69) is 15.2 Å². The lowest BCUT2D eigenvalue weighted by Crippen LogP contribution is -2.46. The van der Waals surface area contributed by atoms with Crippen molar-refractivity contribution in [1.82, 2.24) is 15.2 Å². The third kappa shape index (κ3) is 2.57. The summed E-state index contributed by atoms with van der Waals surface area (Å²) in [6.45, 7) is 1.88. The fourth-order valence-corrected chi connectivity index (χ4v) is 3.62. The first kappa shape index (κ1) is 18.1. The summed E-state index contributed by atoms with van der Waals surface area (Å²) in [6, 6.07) is 0.801. The monoisotopic (exact) mass is 387 g/mol. The number of hydrogen-bond donors (Lipinski definition) is 1. The Balaban J connectivity index is 1.89. The van der Waals surface area contributed by atoms with Crippen molar-refractivity contribution in [3.63, 3.8) is 0 Å². The van der Waals surface area contributed by atoms with Gasteiger partial charge in [0, 0.05) is 18.8 Å². The number of halogens is 2.